The second kappa shape index (κ2) is 10.8. The zero-order valence-electron chi connectivity index (χ0n) is 19.8. The quantitative estimate of drug-likeness (QED) is 0.163. The molecule has 1 amide bonds. The fraction of sp³-hybridized carbons (Fsp3) is 0.241. The van der Waals surface area contributed by atoms with Crippen LogP contribution in [0.5, 0.6) is 5.75 Å². The van der Waals surface area contributed by atoms with Gasteiger partial charge in [0.1, 0.15) is 11.5 Å². The monoisotopic (exact) mass is 489 g/mol. The summed E-state index contributed by atoms with van der Waals surface area (Å²) in [5, 5.41) is 11.8. The summed E-state index contributed by atoms with van der Waals surface area (Å²) in [5.74, 6) is -0.985. The molecule has 6 heteroatoms. The van der Waals surface area contributed by atoms with Crippen molar-refractivity contribution >= 4 is 34.7 Å². The molecule has 1 aliphatic heterocycles. The van der Waals surface area contributed by atoms with Crippen LogP contribution in [-0.4, -0.2) is 23.4 Å². The van der Waals surface area contributed by atoms with Crippen molar-refractivity contribution in [2.45, 2.75) is 39.2 Å². The third-order valence-corrected chi connectivity index (χ3v) is 6.61. The number of aliphatic hydroxyl groups is 1. The Morgan fingerprint density at radius 1 is 0.971 bits per heavy atom. The third-order valence-electron chi connectivity index (χ3n) is 6.20. The number of rotatable bonds is 8. The van der Waals surface area contributed by atoms with E-state index in [4.69, 9.17) is 16.3 Å². The molecular formula is C29H28ClNO4. The summed E-state index contributed by atoms with van der Waals surface area (Å²) in [5.41, 5.74) is 2.40. The molecule has 1 atom stereocenters. The van der Waals surface area contributed by atoms with Crippen molar-refractivity contribution in [1.29, 1.82) is 0 Å². The Bertz CT molecular complexity index is 1250. The number of Topliss-reactive ketones (excluding diaryl/α,β-unsaturated/α-hetero) is 1. The minimum Gasteiger partial charge on any atom is -0.507 e. The first-order chi connectivity index (χ1) is 16.9. The van der Waals surface area contributed by atoms with Crippen LogP contribution in [-0.2, 0) is 9.59 Å². The van der Waals surface area contributed by atoms with Gasteiger partial charge >= 0.3 is 0 Å². The standard InChI is InChI=1S/C29H28ClNO4/c1-3-4-8-18-35-22-16-14-21(15-17-22)27(32)25-26(20-10-6-5-7-11-20)31(29(34)28(25)33)24-13-9-12-23(30)19(24)2/h5-7,9-17,26,32H,3-4,8,18H2,1-2H3/b27-25+. The number of aliphatic hydroxyl groups excluding tert-OH is 1. The molecular weight excluding hydrogens is 462 g/mol. The van der Waals surface area contributed by atoms with Crippen molar-refractivity contribution in [2.75, 3.05) is 11.5 Å². The van der Waals surface area contributed by atoms with Crippen LogP contribution in [0.1, 0.15) is 48.9 Å². The molecule has 0 radical (unpaired) electrons. The number of unbranched alkanes of at least 4 members (excludes halogenated alkanes) is 2. The number of anilines is 1. The molecule has 4 rings (SSSR count). The first-order valence-corrected chi connectivity index (χ1v) is 12.2. The SMILES string of the molecule is CCCCCOc1ccc(/C(O)=C2\C(=O)C(=O)N(c3cccc(Cl)c3C)C2c2ccccc2)cc1. The highest BCUT2D eigenvalue weighted by atomic mass is 35.5. The number of ether oxygens (including phenoxy) is 1. The largest absolute Gasteiger partial charge is 0.507 e. The van der Waals surface area contributed by atoms with Crippen molar-refractivity contribution < 1.29 is 19.4 Å². The zero-order chi connectivity index (χ0) is 24.9. The van der Waals surface area contributed by atoms with Gasteiger partial charge in [0.2, 0.25) is 0 Å². The van der Waals surface area contributed by atoms with E-state index in [0.717, 1.165) is 19.3 Å². The molecule has 0 spiro atoms. The Morgan fingerprint density at radius 2 is 1.69 bits per heavy atom. The van der Waals surface area contributed by atoms with Crippen LogP contribution >= 0.6 is 11.6 Å². The smallest absolute Gasteiger partial charge is 0.300 e. The van der Waals surface area contributed by atoms with E-state index in [-0.39, 0.29) is 11.3 Å². The Kier molecular flexibility index (Phi) is 7.57. The Hall–Kier alpha value is -3.57. The van der Waals surface area contributed by atoms with E-state index in [1.165, 1.54) is 4.90 Å². The number of benzene rings is 3. The van der Waals surface area contributed by atoms with Gasteiger partial charge in [-0.2, -0.15) is 0 Å². The summed E-state index contributed by atoms with van der Waals surface area (Å²) < 4.78 is 5.76. The highest BCUT2D eigenvalue weighted by molar-refractivity contribution is 6.52. The molecule has 0 saturated carbocycles. The van der Waals surface area contributed by atoms with E-state index in [1.807, 2.05) is 30.3 Å². The predicted molar refractivity (Wildman–Crippen MR) is 139 cm³/mol. The van der Waals surface area contributed by atoms with E-state index in [0.29, 0.717) is 39.8 Å². The van der Waals surface area contributed by atoms with Crippen LogP contribution in [0.3, 0.4) is 0 Å². The van der Waals surface area contributed by atoms with Crippen molar-refractivity contribution in [3.63, 3.8) is 0 Å². The summed E-state index contributed by atoms with van der Waals surface area (Å²) in [7, 11) is 0. The van der Waals surface area contributed by atoms with Crippen LogP contribution in [0.25, 0.3) is 5.76 Å². The van der Waals surface area contributed by atoms with Crippen LogP contribution < -0.4 is 9.64 Å². The first-order valence-electron chi connectivity index (χ1n) is 11.8. The molecule has 35 heavy (non-hydrogen) atoms. The Balaban J connectivity index is 1.77. The second-order valence-corrected chi connectivity index (χ2v) is 8.95. The van der Waals surface area contributed by atoms with Gasteiger partial charge < -0.3 is 9.84 Å². The van der Waals surface area contributed by atoms with Gasteiger partial charge in [-0.25, -0.2) is 0 Å². The van der Waals surface area contributed by atoms with Crippen molar-refractivity contribution in [2.24, 2.45) is 0 Å². The van der Waals surface area contributed by atoms with Crippen LogP contribution in [0.15, 0.2) is 78.4 Å². The lowest BCUT2D eigenvalue weighted by Crippen LogP contribution is -2.30. The fourth-order valence-electron chi connectivity index (χ4n) is 4.30. The zero-order valence-corrected chi connectivity index (χ0v) is 20.6. The number of ketones is 1. The molecule has 0 aliphatic carbocycles. The first kappa shape index (κ1) is 24.6. The topological polar surface area (TPSA) is 66.8 Å². The van der Waals surface area contributed by atoms with E-state index in [1.54, 1.807) is 49.4 Å². The van der Waals surface area contributed by atoms with Crippen molar-refractivity contribution in [3.05, 3.63) is 100 Å². The minimum atomic E-state index is -0.793. The van der Waals surface area contributed by atoms with Gasteiger partial charge in [0.15, 0.2) is 0 Å². The maximum absolute atomic E-state index is 13.3. The maximum Gasteiger partial charge on any atom is 0.300 e. The molecule has 1 aliphatic rings. The van der Waals surface area contributed by atoms with E-state index in [9.17, 15) is 14.7 Å². The summed E-state index contributed by atoms with van der Waals surface area (Å²) in [6.45, 7) is 4.56. The normalized spacial score (nSPS) is 17.1. The number of hydrogen-bond donors (Lipinski definition) is 1. The average Bonchev–Trinajstić information content (AvgIpc) is 3.14. The van der Waals surface area contributed by atoms with Gasteiger partial charge in [0, 0.05) is 16.3 Å². The highest BCUT2D eigenvalue weighted by Gasteiger charge is 2.47. The van der Waals surface area contributed by atoms with E-state index in [2.05, 4.69) is 6.92 Å². The number of nitrogens with zero attached hydrogens (tertiary/aromatic N) is 1. The lowest BCUT2D eigenvalue weighted by atomic mass is 9.95. The average molecular weight is 490 g/mol. The van der Waals surface area contributed by atoms with Crippen LogP contribution in [0.4, 0.5) is 5.69 Å². The van der Waals surface area contributed by atoms with E-state index < -0.39 is 17.7 Å². The molecule has 0 bridgehead atoms. The summed E-state index contributed by atoms with van der Waals surface area (Å²) in [4.78, 5) is 28.0. The molecule has 1 saturated heterocycles. The van der Waals surface area contributed by atoms with Gasteiger partial charge in [-0.05, 0) is 60.9 Å². The Labute approximate surface area is 210 Å². The van der Waals surface area contributed by atoms with Gasteiger partial charge in [-0.3, -0.25) is 14.5 Å². The molecule has 1 heterocycles. The molecule has 5 nitrogen and oxygen atoms in total. The highest BCUT2D eigenvalue weighted by Crippen LogP contribution is 2.44. The second-order valence-electron chi connectivity index (χ2n) is 8.54. The van der Waals surface area contributed by atoms with Gasteiger partial charge in [-0.1, -0.05) is 67.8 Å². The van der Waals surface area contributed by atoms with Gasteiger partial charge in [0.05, 0.1) is 18.2 Å². The molecule has 180 valence electrons. The Morgan fingerprint density at radius 3 is 2.37 bits per heavy atom. The molecule has 1 unspecified atom stereocenters. The number of halogens is 1. The summed E-state index contributed by atoms with van der Waals surface area (Å²) in [6, 6.07) is 20.6. The van der Waals surface area contributed by atoms with Gasteiger partial charge in [0.25, 0.3) is 11.7 Å². The van der Waals surface area contributed by atoms with Crippen LogP contribution in [0.2, 0.25) is 5.02 Å². The maximum atomic E-state index is 13.3. The van der Waals surface area contributed by atoms with Gasteiger partial charge in [-0.15, -0.1) is 0 Å². The number of carbonyl (C=O) groups excluding carboxylic acids is 2. The number of amides is 1. The molecule has 3 aromatic rings. The molecule has 3 aromatic carbocycles. The lowest BCUT2D eigenvalue weighted by Gasteiger charge is -2.27. The summed E-state index contributed by atoms with van der Waals surface area (Å²) >= 11 is 6.34. The summed E-state index contributed by atoms with van der Waals surface area (Å²) in [6.07, 6.45) is 3.19. The lowest BCUT2D eigenvalue weighted by molar-refractivity contribution is -0.132. The third kappa shape index (κ3) is 4.96. The number of carbonyl (C=O) groups is 2. The fourth-order valence-corrected chi connectivity index (χ4v) is 4.46. The van der Waals surface area contributed by atoms with Crippen molar-refractivity contribution in [1.82, 2.24) is 0 Å². The molecule has 1 fully saturated rings. The predicted octanol–water partition coefficient (Wildman–Crippen LogP) is 6.84. The minimum absolute atomic E-state index is 0.0391. The van der Waals surface area contributed by atoms with E-state index >= 15 is 0 Å². The van der Waals surface area contributed by atoms with Crippen molar-refractivity contribution in [3.8, 4) is 5.75 Å². The number of hydrogen-bond acceptors (Lipinski definition) is 4. The molecule has 0 aromatic heterocycles. The molecule has 1 N–H and O–H groups in total. The van der Waals surface area contributed by atoms with Crippen LogP contribution in [0, 0.1) is 6.92 Å².